The van der Waals surface area contributed by atoms with E-state index >= 15 is 0 Å². The quantitative estimate of drug-likeness (QED) is 0.759. The first-order chi connectivity index (χ1) is 12.0. The predicted molar refractivity (Wildman–Crippen MR) is 89.7 cm³/mol. The fourth-order valence-corrected chi connectivity index (χ4v) is 3.22. The molecule has 3 rings (SSSR count). The molecule has 2 fully saturated rings. The Hall–Kier alpha value is -2.35. The lowest BCUT2D eigenvalue weighted by atomic mass is 10.1. The van der Waals surface area contributed by atoms with Gasteiger partial charge in [0.05, 0.1) is 12.7 Å². The van der Waals surface area contributed by atoms with E-state index in [2.05, 4.69) is 0 Å². The normalized spacial score (nSPS) is 20.6. The van der Waals surface area contributed by atoms with E-state index in [0.717, 1.165) is 12.8 Å². The van der Waals surface area contributed by atoms with Crippen LogP contribution >= 0.6 is 0 Å². The maximum Gasteiger partial charge on any atom is 0.259 e. The van der Waals surface area contributed by atoms with Gasteiger partial charge >= 0.3 is 0 Å². The van der Waals surface area contributed by atoms with Gasteiger partial charge in [0.1, 0.15) is 11.9 Å². The van der Waals surface area contributed by atoms with Gasteiger partial charge in [-0.25, -0.2) is 0 Å². The van der Waals surface area contributed by atoms with Gasteiger partial charge < -0.3 is 23.8 Å². The number of rotatable bonds is 3. The molecule has 0 spiro atoms. The molecular weight excluding hydrogens is 326 g/mol. The van der Waals surface area contributed by atoms with Gasteiger partial charge in [0.15, 0.2) is 0 Å². The highest BCUT2D eigenvalue weighted by Gasteiger charge is 2.32. The molecular formula is C17H23N3O5. The molecule has 0 aromatic carbocycles. The molecule has 0 N–H and O–H groups in total. The van der Waals surface area contributed by atoms with E-state index in [0.29, 0.717) is 38.3 Å². The fraction of sp³-hybridized carbons (Fsp3) is 0.588. The number of methoxy groups -OCH3 is 1. The minimum Gasteiger partial charge on any atom is -0.496 e. The Bertz CT molecular complexity index is 715. The first-order valence-corrected chi connectivity index (χ1v) is 8.45. The lowest BCUT2D eigenvalue weighted by Crippen LogP contribution is -2.52. The second-order valence-electron chi connectivity index (χ2n) is 6.32. The van der Waals surface area contributed by atoms with E-state index < -0.39 is 0 Å². The molecule has 1 unspecified atom stereocenters. The first kappa shape index (κ1) is 17.5. The number of hydrogen-bond acceptors (Lipinski definition) is 5. The van der Waals surface area contributed by atoms with Gasteiger partial charge in [-0.2, -0.15) is 0 Å². The fourth-order valence-electron chi connectivity index (χ4n) is 3.22. The van der Waals surface area contributed by atoms with Crippen molar-refractivity contribution < 1.29 is 19.1 Å². The van der Waals surface area contributed by atoms with Crippen LogP contribution in [0.3, 0.4) is 0 Å². The van der Waals surface area contributed by atoms with Gasteiger partial charge in [0.2, 0.25) is 0 Å². The molecule has 1 aromatic rings. The number of nitrogens with zero attached hydrogens (tertiary/aromatic N) is 3. The third kappa shape index (κ3) is 3.53. The second kappa shape index (κ2) is 7.26. The standard InChI is InChI=1S/C17H23N3O5/c1-18-11-12(14(24-2)10-15(18)21)16(22)19-5-7-20(8-6-19)17(23)13-4-3-9-25-13/h10-11,13H,3-9H2,1-2H3. The Morgan fingerprint density at radius 3 is 2.48 bits per heavy atom. The number of aromatic nitrogens is 1. The summed E-state index contributed by atoms with van der Waals surface area (Å²) in [6, 6.07) is 1.31. The summed E-state index contributed by atoms with van der Waals surface area (Å²) in [5.74, 6) is 0.0897. The highest BCUT2D eigenvalue weighted by Crippen LogP contribution is 2.20. The molecule has 8 nitrogen and oxygen atoms in total. The first-order valence-electron chi connectivity index (χ1n) is 8.45. The van der Waals surface area contributed by atoms with E-state index in [1.807, 2.05) is 0 Å². The number of carbonyl (C=O) groups is 2. The topological polar surface area (TPSA) is 81.1 Å². The van der Waals surface area contributed by atoms with Gasteiger partial charge in [0, 0.05) is 52.1 Å². The van der Waals surface area contributed by atoms with Crippen LogP contribution in [0.25, 0.3) is 0 Å². The van der Waals surface area contributed by atoms with Crippen molar-refractivity contribution in [2.75, 3.05) is 39.9 Å². The van der Waals surface area contributed by atoms with Crippen LogP contribution in [-0.2, 0) is 16.6 Å². The summed E-state index contributed by atoms with van der Waals surface area (Å²) in [7, 11) is 3.03. The summed E-state index contributed by atoms with van der Waals surface area (Å²) in [4.78, 5) is 40.3. The van der Waals surface area contributed by atoms with Crippen LogP contribution in [0.4, 0.5) is 0 Å². The highest BCUT2D eigenvalue weighted by molar-refractivity contribution is 5.96. The number of piperazine rings is 1. The summed E-state index contributed by atoms with van der Waals surface area (Å²) < 4.78 is 12.0. The number of ether oxygens (including phenoxy) is 2. The average molecular weight is 349 g/mol. The molecule has 2 saturated heterocycles. The van der Waals surface area contributed by atoms with Crippen molar-refractivity contribution in [2.24, 2.45) is 7.05 Å². The second-order valence-corrected chi connectivity index (χ2v) is 6.32. The van der Waals surface area contributed by atoms with Crippen LogP contribution in [0, 0.1) is 0 Å². The Kier molecular flexibility index (Phi) is 5.08. The largest absolute Gasteiger partial charge is 0.496 e. The molecule has 3 heterocycles. The minimum atomic E-state index is -0.328. The van der Waals surface area contributed by atoms with Crippen LogP contribution in [0.5, 0.6) is 5.75 Å². The van der Waals surface area contributed by atoms with Gasteiger partial charge in [-0.15, -0.1) is 0 Å². The summed E-state index contributed by atoms with van der Waals surface area (Å²) >= 11 is 0. The van der Waals surface area contributed by atoms with E-state index in [9.17, 15) is 14.4 Å². The number of aryl methyl sites for hydroxylation is 1. The van der Waals surface area contributed by atoms with Crippen LogP contribution in [0.15, 0.2) is 17.1 Å². The molecule has 136 valence electrons. The van der Waals surface area contributed by atoms with Crippen molar-refractivity contribution in [3.63, 3.8) is 0 Å². The smallest absolute Gasteiger partial charge is 0.259 e. The zero-order valence-electron chi connectivity index (χ0n) is 14.6. The van der Waals surface area contributed by atoms with E-state index in [-0.39, 0.29) is 29.2 Å². The molecule has 25 heavy (non-hydrogen) atoms. The van der Waals surface area contributed by atoms with E-state index in [1.165, 1.54) is 23.9 Å². The highest BCUT2D eigenvalue weighted by atomic mass is 16.5. The molecule has 2 amide bonds. The Labute approximate surface area is 145 Å². The molecule has 0 radical (unpaired) electrons. The molecule has 1 aromatic heterocycles. The molecule has 0 saturated carbocycles. The van der Waals surface area contributed by atoms with Crippen molar-refractivity contribution in [2.45, 2.75) is 18.9 Å². The molecule has 8 heteroatoms. The van der Waals surface area contributed by atoms with Crippen LogP contribution in [0.1, 0.15) is 23.2 Å². The van der Waals surface area contributed by atoms with Gasteiger partial charge in [-0.1, -0.05) is 0 Å². The average Bonchev–Trinajstić information content (AvgIpc) is 3.17. The predicted octanol–water partition coefficient (Wildman–Crippen LogP) is -0.143. The molecule has 2 aliphatic rings. The molecule has 0 aliphatic carbocycles. The van der Waals surface area contributed by atoms with Crippen molar-refractivity contribution in [1.29, 1.82) is 0 Å². The van der Waals surface area contributed by atoms with Crippen molar-refractivity contribution in [3.8, 4) is 5.75 Å². The van der Waals surface area contributed by atoms with Crippen LogP contribution in [-0.4, -0.2) is 72.2 Å². The SMILES string of the molecule is COc1cc(=O)n(C)cc1C(=O)N1CCN(C(=O)C2CCCO2)CC1. The Morgan fingerprint density at radius 2 is 1.88 bits per heavy atom. The number of amides is 2. The van der Waals surface area contributed by atoms with Crippen molar-refractivity contribution >= 4 is 11.8 Å². The zero-order chi connectivity index (χ0) is 18.0. The van der Waals surface area contributed by atoms with Gasteiger partial charge in [0.25, 0.3) is 17.4 Å². The van der Waals surface area contributed by atoms with Crippen LogP contribution < -0.4 is 10.3 Å². The van der Waals surface area contributed by atoms with Crippen molar-refractivity contribution in [3.05, 3.63) is 28.2 Å². The van der Waals surface area contributed by atoms with E-state index in [1.54, 1.807) is 16.8 Å². The van der Waals surface area contributed by atoms with Gasteiger partial charge in [-0.05, 0) is 12.8 Å². The lowest BCUT2D eigenvalue weighted by molar-refractivity contribution is -0.142. The van der Waals surface area contributed by atoms with E-state index in [4.69, 9.17) is 9.47 Å². The number of pyridine rings is 1. The third-order valence-corrected chi connectivity index (χ3v) is 4.72. The van der Waals surface area contributed by atoms with Crippen molar-refractivity contribution in [1.82, 2.24) is 14.4 Å². The van der Waals surface area contributed by atoms with Crippen LogP contribution in [0.2, 0.25) is 0 Å². The zero-order valence-corrected chi connectivity index (χ0v) is 14.6. The molecule has 1 atom stereocenters. The monoisotopic (exact) mass is 349 g/mol. The Balaban J connectivity index is 1.66. The lowest BCUT2D eigenvalue weighted by Gasteiger charge is -2.36. The maximum atomic E-state index is 12.8. The summed E-state index contributed by atoms with van der Waals surface area (Å²) in [5, 5.41) is 0. The molecule has 0 bridgehead atoms. The molecule has 2 aliphatic heterocycles. The summed E-state index contributed by atoms with van der Waals surface area (Å²) in [6.45, 7) is 2.50. The maximum absolute atomic E-state index is 12.8. The number of carbonyl (C=O) groups excluding carboxylic acids is 2. The summed E-state index contributed by atoms with van der Waals surface area (Å²) in [6.07, 6.45) is 2.85. The Morgan fingerprint density at radius 1 is 1.20 bits per heavy atom. The van der Waals surface area contributed by atoms with Gasteiger partial charge in [-0.3, -0.25) is 14.4 Å². The number of hydrogen-bond donors (Lipinski definition) is 0. The summed E-state index contributed by atoms with van der Waals surface area (Å²) in [5.41, 5.74) is 0.115. The third-order valence-electron chi connectivity index (χ3n) is 4.72. The minimum absolute atomic E-state index is 0.0179.